The Bertz CT molecular complexity index is 744. The first-order valence-corrected chi connectivity index (χ1v) is 9.46. The molecule has 0 aliphatic rings. The van der Waals surface area contributed by atoms with E-state index in [9.17, 15) is 14.4 Å². The molecule has 2 aromatic rings. The average molecular weight is 390 g/mol. The first-order valence-electron chi connectivity index (χ1n) is 8.48. The SMILES string of the molecule is Cc1ccc(SCCNC(=O)COC(=O)CCNC(=O)c2ccco2)cc1. The lowest BCUT2D eigenvalue weighted by atomic mass is 10.2. The molecule has 2 amide bonds. The summed E-state index contributed by atoms with van der Waals surface area (Å²) in [5, 5.41) is 5.22. The van der Waals surface area contributed by atoms with Gasteiger partial charge in [-0.3, -0.25) is 14.4 Å². The van der Waals surface area contributed by atoms with Gasteiger partial charge in [0.25, 0.3) is 11.8 Å². The van der Waals surface area contributed by atoms with Crippen LogP contribution in [-0.4, -0.2) is 43.2 Å². The first-order chi connectivity index (χ1) is 13.0. The summed E-state index contributed by atoms with van der Waals surface area (Å²) in [6, 6.07) is 11.3. The molecule has 0 spiro atoms. The predicted molar refractivity (Wildman–Crippen MR) is 102 cm³/mol. The maximum Gasteiger partial charge on any atom is 0.308 e. The van der Waals surface area contributed by atoms with Gasteiger partial charge < -0.3 is 19.8 Å². The maximum absolute atomic E-state index is 11.7. The lowest BCUT2D eigenvalue weighted by Gasteiger charge is -2.07. The van der Waals surface area contributed by atoms with Gasteiger partial charge in [0.15, 0.2) is 12.4 Å². The third-order valence-electron chi connectivity index (χ3n) is 3.44. The van der Waals surface area contributed by atoms with E-state index in [0.717, 1.165) is 10.6 Å². The molecule has 1 aromatic carbocycles. The first kappa shape index (κ1) is 20.6. The van der Waals surface area contributed by atoms with Crippen LogP contribution in [0, 0.1) is 6.92 Å². The predicted octanol–water partition coefficient (Wildman–Crippen LogP) is 2.16. The minimum absolute atomic E-state index is 0.0248. The van der Waals surface area contributed by atoms with Crippen molar-refractivity contribution in [1.29, 1.82) is 0 Å². The number of nitrogens with one attached hydrogen (secondary N) is 2. The van der Waals surface area contributed by atoms with Crippen molar-refractivity contribution in [1.82, 2.24) is 10.6 Å². The highest BCUT2D eigenvalue weighted by atomic mass is 32.2. The minimum Gasteiger partial charge on any atom is -0.459 e. The molecule has 2 N–H and O–H groups in total. The summed E-state index contributed by atoms with van der Waals surface area (Å²) >= 11 is 1.64. The number of amides is 2. The third-order valence-corrected chi connectivity index (χ3v) is 4.45. The number of esters is 1. The number of furan rings is 1. The topological polar surface area (TPSA) is 97.6 Å². The van der Waals surface area contributed by atoms with Gasteiger partial charge >= 0.3 is 5.97 Å². The second-order valence-corrected chi connectivity index (χ2v) is 6.82. The molecule has 0 fully saturated rings. The van der Waals surface area contributed by atoms with E-state index in [1.165, 1.54) is 17.9 Å². The molecule has 0 atom stereocenters. The van der Waals surface area contributed by atoms with Crippen LogP contribution in [0.2, 0.25) is 0 Å². The van der Waals surface area contributed by atoms with Crippen molar-refractivity contribution in [3.05, 3.63) is 54.0 Å². The van der Waals surface area contributed by atoms with Crippen LogP contribution in [-0.2, 0) is 14.3 Å². The number of hydrogen-bond acceptors (Lipinski definition) is 6. The van der Waals surface area contributed by atoms with Gasteiger partial charge in [0.1, 0.15) is 0 Å². The molecule has 0 saturated heterocycles. The van der Waals surface area contributed by atoms with Gasteiger partial charge in [-0.1, -0.05) is 17.7 Å². The molecule has 0 radical (unpaired) electrons. The standard InChI is InChI=1S/C19H22N2O5S/c1-14-4-6-15(7-5-14)27-12-10-20-17(22)13-26-18(23)8-9-21-19(24)16-3-2-11-25-16/h2-7,11H,8-10,12-13H2,1H3,(H,20,22)(H,21,24). The van der Waals surface area contributed by atoms with Crippen LogP contribution in [0.15, 0.2) is 52.0 Å². The molecule has 7 nitrogen and oxygen atoms in total. The van der Waals surface area contributed by atoms with Crippen LogP contribution in [0.25, 0.3) is 0 Å². The van der Waals surface area contributed by atoms with Crippen molar-refractivity contribution in [3.8, 4) is 0 Å². The normalized spacial score (nSPS) is 10.3. The van der Waals surface area contributed by atoms with Crippen molar-refractivity contribution in [2.24, 2.45) is 0 Å². The zero-order valence-electron chi connectivity index (χ0n) is 15.0. The summed E-state index contributed by atoms with van der Waals surface area (Å²) in [4.78, 5) is 36.0. The zero-order valence-corrected chi connectivity index (χ0v) is 15.8. The van der Waals surface area contributed by atoms with Crippen LogP contribution in [0.3, 0.4) is 0 Å². The van der Waals surface area contributed by atoms with E-state index in [1.807, 2.05) is 31.2 Å². The highest BCUT2D eigenvalue weighted by Gasteiger charge is 2.10. The Morgan fingerprint density at radius 2 is 1.85 bits per heavy atom. The van der Waals surface area contributed by atoms with E-state index < -0.39 is 11.9 Å². The third kappa shape index (κ3) is 8.00. The molecule has 1 aromatic heterocycles. The van der Waals surface area contributed by atoms with Crippen LogP contribution in [0.4, 0.5) is 0 Å². The summed E-state index contributed by atoms with van der Waals surface area (Å²) in [6.45, 7) is 2.28. The molecular weight excluding hydrogens is 368 g/mol. The lowest BCUT2D eigenvalue weighted by Crippen LogP contribution is -2.31. The van der Waals surface area contributed by atoms with Gasteiger partial charge in [0, 0.05) is 23.7 Å². The summed E-state index contributed by atoms with van der Waals surface area (Å²) in [5.74, 6) is -0.420. The van der Waals surface area contributed by atoms with Gasteiger partial charge in [-0.2, -0.15) is 0 Å². The van der Waals surface area contributed by atoms with Gasteiger partial charge in [-0.15, -0.1) is 11.8 Å². The van der Waals surface area contributed by atoms with E-state index in [0.29, 0.717) is 6.54 Å². The van der Waals surface area contributed by atoms with Crippen molar-refractivity contribution < 1.29 is 23.5 Å². The van der Waals surface area contributed by atoms with Crippen molar-refractivity contribution in [2.75, 3.05) is 25.4 Å². The summed E-state index contributed by atoms with van der Waals surface area (Å²) in [5.41, 5.74) is 1.20. The molecule has 8 heteroatoms. The number of carbonyl (C=O) groups excluding carboxylic acids is 3. The Balaban J connectivity index is 1.51. The number of aryl methyl sites for hydroxylation is 1. The van der Waals surface area contributed by atoms with E-state index in [-0.39, 0.29) is 31.2 Å². The molecule has 0 bridgehead atoms. The summed E-state index contributed by atoms with van der Waals surface area (Å²) in [7, 11) is 0. The molecule has 0 aliphatic carbocycles. The Morgan fingerprint density at radius 3 is 2.56 bits per heavy atom. The fraction of sp³-hybridized carbons (Fsp3) is 0.316. The highest BCUT2D eigenvalue weighted by Crippen LogP contribution is 2.17. The number of carbonyl (C=O) groups is 3. The maximum atomic E-state index is 11.7. The van der Waals surface area contributed by atoms with Crippen LogP contribution in [0.1, 0.15) is 22.5 Å². The second-order valence-electron chi connectivity index (χ2n) is 5.66. The zero-order chi connectivity index (χ0) is 19.5. The molecule has 27 heavy (non-hydrogen) atoms. The molecule has 0 aliphatic heterocycles. The number of benzene rings is 1. The van der Waals surface area contributed by atoms with Crippen molar-refractivity contribution in [3.63, 3.8) is 0 Å². The summed E-state index contributed by atoms with van der Waals surface area (Å²) in [6.07, 6.45) is 1.37. The second kappa shape index (κ2) is 11.1. The fourth-order valence-electron chi connectivity index (χ4n) is 2.04. The van der Waals surface area contributed by atoms with Crippen molar-refractivity contribution in [2.45, 2.75) is 18.2 Å². The molecule has 2 rings (SSSR count). The van der Waals surface area contributed by atoms with E-state index >= 15 is 0 Å². The summed E-state index contributed by atoms with van der Waals surface area (Å²) < 4.78 is 9.80. The number of thioether (sulfide) groups is 1. The largest absolute Gasteiger partial charge is 0.459 e. The van der Waals surface area contributed by atoms with Crippen LogP contribution < -0.4 is 10.6 Å². The quantitative estimate of drug-likeness (QED) is 0.367. The number of rotatable bonds is 10. The van der Waals surface area contributed by atoms with Gasteiger partial charge in [-0.25, -0.2) is 0 Å². The number of ether oxygens (including phenoxy) is 1. The number of hydrogen-bond donors (Lipinski definition) is 2. The Morgan fingerprint density at radius 1 is 1.07 bits per heavy atom. The van der Waals surface area contributed by atoms with E-state index in [2.05, 4.69) is 10.6 Å². The van der Waals surface area contributed by atoms with Crippen molar-refractivity contribution >= 4 is 29.5 Å². The Kier molecular flexibility index (Phi) is 8.44. The molecule has 0 unspecified atom stereocenters. The lowest BCUT2D eigenvalue weighted by molar-refractivity contribution is -0.148. The van der Waals surface area contributed by atoms with E-state index in [1.54, 1.807) is 17.8 Å². The van der Waals surface area contributed by atoms with Gasteiger partial charge in [0.05, 0.1) is 12.7 Å². The Labute approximate surface area is 161 Å². The highest BCUT2D eigenvalue weighted by molar-refractivity contribution is 7.99. The smallest absolute Gasteiger partial charge is 0.308 e. The van der Waals surface area contributed by atoms with Gasteiger partial charge in [-0.05, 0) is 31.2 Å². The Hall–Kier alpha value is -2.74. The minimum atomic E-state index is -0.557. The van der Waals surface area contributed by atoms with Crippen LogP contribution in [0.5, 0.6) is 0 Å². The molecular formula is C19H22N2O5S. The monoisotopic (exact) mass is 390 g/mol. The average Bonchev–Trinajstić information content (AvgIpc) is 3.20. The molecule has 0 saturated carbocycles. The molecule has 1 heterocycles. The molecule has 144 valence electrons. The van der Waals surface area contributed by atoms with E-state index in [4.69, 9.17) is 9.15 Å². The fourth-order valence-corrected chi connectivity index (χ4v) is 2.80. The van der Waals surface area contributed by atoms with Gasteiger partial charge in [0.2, 0.25) is 0 Å². The van der Waals surface area contributed by atoms with Crippen LogP contribution >= 0.6 is 11.8 Å².